The van der Waals surface area contributed by atoms with Gasteiger partial charge in [-0.05, 0) is 18.8 Å². The van der Waals surface area contributed by atoms with Gasteiger partial charge in [-0.1, -0.05) is 0 Å². The average molecular weight is 210 g/mol. The van der Waals surface area contributed by atoms with Crippen LogP contribution in [0.2, 0.25) is 0 Å². The van der Waals surface area contributed by atoms with Crippen LogP contribution in [0, 0.1) is 5.92 Å². The summed E-state index contributed by atoms with van der Waals surface area (Å²) in [6.07, 6.45) is 3.28. The van der Waals surface area contributed by atoms with E-state index in [-0.39, 0.29) is 0 Å². The Bertz CT molecular complexity index is 243. The lowest BCUT2D eigenvalue weighted by atomic mass is 10.0. The Kier molecular flexibility index (Phi) is 2.41. The zero-order valence-electron chi connectivity index (χ0n) is 8.95. The van der Waals surface area contributed by atoms with Gasteiger partial charge in [0.25, 0.3) is 0 Å². The zero-order chi connectivity index (χ0) is 10.3. The molecule has 0 spiro atoms. The molecule has 15 heavy (non-hydrogen) atoms. The summed E-state index contributed by atoms with van der Waals surface area (Å²) in [4.78, 5) is 14.2. The summed E-state index contributed by atoms with van der Waals surface area (Å²) < 4.78 is 5.19. The predicted molar refractivity (Wildman–Crippen MR) is 55.5 cm³/mol. The van der Waals surface area contributed by atoms with Gasteiger partial charge in [0.2, 0.25) is 5.91 Å². The van der Waals surface area contributed by atoms with Crippen LogP contribution >= 0.6 is 0 Å². The highest BCUT2D eigenvalue weighted by atomic mass is 16.5. The molecule has 3 rings (SSSR count). The Morgan fingerprint density at radius 1 is 1.27 bits per heavy atom. The fourth-order valence-corrected chi connectivity index (χ4v) is 2.23. The van der Waals surface area contributed by atoms with E-state index >= 15 is 0 Å². The van der Waals surface area contributed by atoms with E-state index in [1.165, 1.54) is 12.8 Å². The Morgan fingerprint density at radius 2 is 2.00 bits per heavy atom. The second-order valence-electron chi connectivity index (χ2n) is 4.95. The van der Waals surface area contributed by atoms with Gasteiger partial charge in [0, 0.05) is 19.5 Å². The van der Waals surface area contributed by atoms with Gasteiger partial charge in [0.05, 0.1) is 25.3 Å². The summed E-state index contributed by atoms with van der Waals surface area (Å²) in [5.74, 6) is 1.05. The van der Waals surface area contributed by atoms with Gasteiger partial charge in [-0.3, -0.25) is 4.79 Å². The van der Waals surface area contributed by atoms with E-state index in [0.29, 0.717) is 23.9 Å². The van der Waals surface area contributed by atoms with Gasteiger partial charge in [0.1, 0.15) is 0 Å². The third-order valence-electron chi connectivity index (χ3n) is 3.62. The van der Waals surface area contributed by atoms with Crippen molar-refractivity contribution in [2.75, 3.05) is 26.3 Å². The largest absolute Gasteiger partial charge is 0.377 e. The first-order chi connectivity index (χ1) is 7.34. The summed E-state index contributed by atoms with van der Waals surface area (Å²) in [5.41, 5.74) is 0. The maximum Gasteiger partial charge on any atom is 0.223 e. The minimum Gasteiger partial charge on any atom is -0.377 e. The molecule has 0 bridgehead atoms. The van der Waals surface area contributed by atoms with E-state index < -0.39 is 0 Å². The third kappa shape index (κ3) is 1.88. The van der Waals surface area contributed by atoms with Gasteiger partial charge in [-0.2, -0.15) is 0 Å². The topological polar surface area (TPSA) is 41.6 Å². The van der Waals surface area contributed by atoms with Gasteiger partial charge in [-0.15, -0.1) is 0 Å². The van der Waals surface area contributed by atoms with E-state index in [2.05, 4.69) is 10.2 Å². The van der Waals surface area contributed by atoms with Crippen molar-refractivity contribution in [3.8, 4) is 0 Å². The Morgan fingerprint density at radius 3 is 2.40 bits per heavy atom. The molecule has 3 aliphatic rings. The third-order valence-corrected chi connectivity index (χ3v) is 3.62. The molecule has 0 atom stereocenters. The van der Waals surface area contributed by atoms with Crippen LogP contribution in [0.1, 0.15) is 19.3 Å². The second-order valence-corrected chi connectivity index (χ2v) is 4.95. The first-order valence-electron chi connectivity index (χ1n) is 5.94. The SMILES string of the molecule is O=C(CC1CC1)N(C1CNC1)C1COC1. The molecule has 1 aliphatic carbocycles. The number of nitrogens with one attached hydrogen (secondary N) is 1. The van der Waals surface area contributed by atoms with E-state index in [0.717, 1.165) is 32.7 Å². The van der Waals surface area contributed by atoms with Crippen LogP contribution in [-0.4, -0.2) is 49.2 Å². The number of carbonyl (C=O) groups is 1. The van der Waals surface area contributed by atoms with E-state index in [1.807, 2.05) is 0 Å². The van der Waals surface area contributed by atoms with Gasteiger partial charge >= 0.3 is 0 Å². The molecule has 0 aromatic carbocycles. The van der Waals surface area contributed by atoms with Crippen LogP contribution in [0.3, 0.4) is 0 Å². The molecular formula is C11H18N2O2. The lowest BCUT2D eigenvalue weighted by molar-refractivity contribution is -0.151. The average Bonchev–Trinajstić information content (AvgIpc) is 2.80. The second kappa shape index (κ2) is 3.76. The zero-order valence-corrected chi connectivity index (χ0v) is 8.95. The fourth-order valence-electron chi connectivity index (χ4n) is 2.23. The smallest absolute Gasteiger partial charge is 0.223 e. The molecule has 3 fully saturated rings. The molecule has 0 aromatic heterocycles. The summed E-state index contributed by atoms with van der Waals surface area (Å²) in [7, 11) is 0. The van der Waals surface area contributed by atoms with Crippen molar-refractivity contribution in [1.82, 2.24) is 10.2 Å². The maximum absolute atomic E-state index is 12.1. The Balaban J connectivity index is 1.61. The van der Waals surface area contributed by atoms with Crippen molar-refractivity contribution >= 4 is 5.91 Å². The monoisotopic (exact) mass is 210 g/mol. The van der Waals surface area contributed by atoms with Gasteiger partial charge in [0.15, 0.2) is 0 Å². The summed E-state index contributed by atoms with van der Waals surface area (Å²) >= 11 is 0. The summed E-state index contributed by atoms with van der Waals surface area (Å²) in [5, 5.41) is 3.23. The number of rotatable bonds is 4. The predicted octanol–water partition coefficient (Wildman–Crippen LogP) is -0.0143. The van der Waals surface area contributed by atoms with Gasteiger partial charge in [-0.25, -0.2) is 0 Å². The fraction of sp³-hybridized carbons (Fsp3) is 0.909. The van der Waals surface area contributed by atoms with Crippen LogP contribution in [0.15, 0.2) is 0 Å². The first-order valence-corrected chi connectivity index (χ1v) is 5.94. The van der Waals surface area contributed by atoms with E-state index in [1.54, 1.807) is 0 Å². The van der Waals surface area contributed by atoms with Gasteiger partial charge < -0.3 is 15.0 Å². The quantitative estimate of drug-likeness (QED) is 0.709. The molecule has 1 saturated carbocycles. The van der Waals surface area contributed by atoms with Crippen molar-refractivity contribution < 1.29 is 9.53 Å². The highest BCUT2D eigenvalue weighted by Gasteiger charge is 2.39. The summed E-state index contributed by atoms with van der Waals surface area (Å²) in [6, 6.07) is 0.800. The van der Waals surface area contributed by atoms with Crippen LogP contribution in [0.5, 0.6) is 0 Å². The normalized spacial score (nSPS) is 26.9. The molecular weight excluding hydrogens is 192 g/mol. The standard InChI is InChI=1S/C11H18N2O2/c14-11(3-8-1-2-8)13(9-4-12-5-9)10-6-15-7-10/h8-10,12H,1-7H2. The maximum atomic E-state index is 12.1. The number of hydrogen-bond donors (Lipinski definition) is 1. The highest BCUT2D eigenvalue weighted by Crippen LogP contribution is 2.33. The minimum atomic E-state index is 0.359. The van der Waals surface area contributed by atoms with Crippen molar-refractivity contribution in [1.29, 1.82) is 0 Å². The molecule has 2 saturated heterocycles. The molecule has 4 nitrogen and oxygen atoms in total. The molecule has 2 heterocycles. The number of ether oxygens (including phenoxy) is 1. The lowest BCUT2D eigenvalue weighted by Gasteiger charge is -2.46. The van der Waals surface area contributed by atoms with Crippen molar-refractivity contribution in [3.05, 3.63) is 0 Å². The van der Waals surface area contributed by atoms with Crippen LogP contribution in [0.25, 0.3) is 0 Å². The van der Waals surface area contributed by atoms with Crippen molar-refractivity contribution in [3.63, 3.8) is 0 Å². The van der Waals surface area contributed by atoms with Crippen LogP contribution < -0.4 is 5.32 Å². The molecule has 0 aromatic rings. The Labute approximate surface area is 90.0 Å². The van der Waals surface area contributed by atoms with Crippen LogP contribution in [0.4, 0.5) is 0 Å². The molecule has 0 unspecified atom stereocenters. The molecule has 1 amide bonds. The molecule has 1 N–H and O–H groups in total. The lowest BCUT2D eigenvalue weighted by Crippen LogP contribution is -2.65. The van der Waals surface area contributed by atoms with Crippen molar-refractivity contribution in [2.24, 2.45) is 5.92 Å². The number of hydrogen-bond acceptors (Lipinski definition) is 3. The number of nitrogens with zero attached hydrogens (tertiary/aromatic N) is 1. The van der Waals surface area contributed by atoms with E-state index in [9.17, 15) is 4.79 Å². The van der Waals surface area contributed by atoms with Crippen LogP contribution in [-0.2, 0) is 9.53 Å². The minimum absolute atomic E-state index is 0.359. The van der Waals surface area contributed by atoms with E-state index in [4.69, 9.17) is 4.74 Å². The molecule has 4 heteroatoms. The Hall–Kier alpha value is -0.610. The highest BCUT2D eigenvalue weighted by molar-refractivity contribution is 5.77. The number of amides is 1. The first kappa shape index (κ1) is 9.60. The molecule has 84 valence electrons. The molecule has 2 aliphatic heterocycles. The van der Waals surface area contributed by atoms with Crippen molar-refractivity contribution in [2.45, 2.75) is 31.3 Å². The molecule has 0 radical (unpaired) electrons. The number of carbonyl (C=O) groups excluding carboxylic acids is 1. The summed E-state index contributed by atoms with van der Waals surface area (Å²) in [6.45, 7) is 3.42.